The Labute approximate surface area is 153 Å². The van der Waals surface area contributed by atoms with Crippen molar-refractivity contribution in [2.45, 2.75) is 0 Å². The number of hydrogen-bond donors (Lipinski definition) is 3. The van der Waals surface area contributed by atoms with Gasteiger partial charge in [0.25, 0.3) is 5.91 Å². The molecule has 0 saturated heterocycles. The summed E-state index contributed by atoms with van der Waals surface area (Å²) < 4.78 is 5.51. The maximum atomic E-state index is 12.0. The van der Waals surface area contributed by atoms with E-state index in [1.54, 1.807) is 12.1 Å². The number of aromatic nitrogens is 1. The molecule has 0 bridgehead atoms. The van der Waals surface area contributed by atoms with Crippen LogP contribution in [0.15, 0.2) is 53.9 Å². The number of aromatic carboxylic acids is 1. The van der Waals surface area contributed by atoms with E-state index in [0.29, 0.717) is 16.6 Å². The van der Waals surface area contributed by atoms with Gasteiger partial charge in [-0.2, -0.15) is 0 Å². The summed E-state index contributed by atoms with van der Waals surface area (Å²) in [5.74, 6) is -0.838. The maximum absolute atomic E-state index is 12.0. The van der Waals surface area contributed by atoms with Crippen molar-refractivity contribution in [1.82, 2.24) is 4.98 Å². The van der Waals surface area contributed by atoms with E-state index in [4.69, 9.17) is 15.6 Å². The first-order valence-electron chi connectivity index (χ1n) is 7.59. The number of nitrogens with zero attached hydrogens (tertiary/aromatic N) is 1. The highest BCUT2D eigenvalue weighted by Gasteiger charge is 2.08. The van der Waals surface area contributed by atoms with Gasteiger partial charge in [0.2, 0.25) is 0 Å². The number of thiazole rings is 1. The molecule has 0 unspecified atom stereocenters. The van der Waals surface area contributed by atoms with Gasteiger partial charge in [0.15, 0.2) is 11.7 Å². The molecule has 26 heavy (non-hydrogen) atoms. The molecule has 3 rings (SSSR count). The van der Waals surface area contributed by atoms with Gasteiger partial charge in [-0.05, 0) is 36.4 Å². The Morgan fingerprint density at radius 2 is 1.96 bits per heavy atom. The lowest BCUT2D eigenvalue weighted by Gasteiger charge is -2.08. The number of carboxylic acids is 1. The van der Waals surface area contributed by atoms with Crippen LogP contribution in [0.3, 0.4) is 0 Å². The molecule has 0 fully saturated rings. The van der Waals surface area contributed by atoms with E-state index in [-0.39, 0.29) is 18.1 Å². The Morgan fingerprint density at radius 3 is 2.62 bits per heavy atom. The van der Waals surface area contributed by atoms with E-state index >= 15 is 0 Å². The number of amides is 1. The lowest BCUT2D eigenvalue weighted by atomic mass is 10.2. The summed E-state index contributed by atoms with van der Waals surface area (Å²) in [7, 11) is 0. The molecule has 0 aliphatic carbocycles. The molecule has 132 valence electrons. The maximum Gasteiger partial charge on any atom is 0.335 e. The molecule has 7 nitrogen and oxygen atoms in total. The number of hydrogen-bond acceptors (Lipinski definition) is 6. The van der Waals surface area contributed by atoms with Gasteiger partial charge in [-0.15, -0.1) is 11.3 Å². The topological polar surface area (TPSA) is 115 Å². The number of nitrogens with two attached hydrogens (primary N) is 1. The molecule has 2 aromatic carbocycles. The highest BCUT2D eigenvalue weighted by Crippen LogP contribution is 2.26. The van der Waals surface area contributed by atoms with Crippen LogP contribution < -0.4 is 15.8 Å². The van der Waals surface area contributed by atoms with Crippen molar-refractivity contribution < 1.29 is 19.4 Å². The number of nitrogen functional groups attached to an aromatic ring is 1. The van der Waals surface area contributed by atoms with Crippen LogP contribution in [0.25, 0.3) is 11.3 Å². The average molecular weight is 369 g/mol. The minimum absolute atomic E-state index is 0.152. The molecule has 0 saturated carbocycles. The van der Waals surface area contributed by atoms with Gasteiger partial charge in [-0.25, -0.2) is 9.78 Å². The third kappa shape index (κ3) is 4.37. The summed E-state index contributed by atoms with van der Waals surface area (Å²) >= 11 is 1.35. The number of ether oxygens (including phenoxy) is 1. The SMILES string of the molecule is Nc1nc(-c2cccc(OCC(=O)Nc3ccc(C(=O)O)cc3)c2)cs1. The minimum atomic E-state index is -1.02. The Balaban J connectivity index is 1.58. The Bertz CT molecular complexity index is 938. The normalized spacial score (nSPS) is 10.3. The Kier molecular flexibility index (Phi) is 5.14. The van der Waals surface area contributed by atoms with Crippen LogP contribution in [-0.2, 0) is 4.79 Å². The second kappa shape index (κ2) is 7.66. The van der Waals surface area contributed by atoms with Crippen LogP contribution >= 0.6 is 11.3 Å². The average Bonchev–Trinajstić information content (AvgIpc) is 3.07. The highest BCUT2D eigenvalue weighted by molar-refractivity contribution is 7.13. The lowest BCUT2D eigenvalue weighted by molar-refractivity contribution is -0.118. The minimum Gasteiger partial charge on any atom is -0.484 e. The fourth-order valence-electron chi connectivity index (χ4n) is 2.21. The molecule has 4 N–H and O–H groups in total. The molecule has 1 amide bonds. The molecule has 0 radical (unpaired) electrons. The number of carboxylic acid groups (broad SMARTS) is 1. The quantitative estimate of drug-likeness (QED) is 0.615. The molecule has 0 aliphatic heterocycles. The largest absolute Gasteiger partial charge is 0.484 e. The summed E-state index contributed by atoms with van der Waals surface area (Å²) in [5.41, 5.74) is 7.89. The third-order valence-corrected chi connectivity index (χ3v) is 4.11. The number of nitrogens with one attached hydrogen (secondary N) is 1. The van der Waals surface area contributed by atoms with E-state index in [2.05, 4.69) is 10.3 Å². The highest BCUT2D eigenvalue weighted by atomic mass is 32.1. The molecule has 3 aromatic rings. The fourth-order valence-corrected chi connectivity index (χ4v) is 2.78. The van der Waals surface area contributed by atoms with Gasteiger partial charge in [-0.1, -0.05) is 12.1 Å². The van der Waals surface area contributed by atoms with Crippen molar-refractivity contribution in [2.75, 3.05) is 17.7 Å². The zero-order chi connectivity index (χ0) is 18.5. The van der Waals surface area contributed by atoms with E-state index in [9.17, 15) is 9.59 Å². The van der Waals surface area contributed by atoms with E-state index in [0.717, 1.165) is 11.3 Å². The molecule has 1 aromatic heterocycles. The zero-order valence-corrected chi connectivity index (χ0v) is 14.3. The summed E-state index contributed by atoms with van der Waals surface area (Å²) in [6.07, 6.45) is 0. The summed E-state index contributed by atoms with van der Waals surface area (Å²) in [4.78, 5) is 27.0. The summed E-state index contributed by atoms with van der Waals surface area (Å²) in [5, 5.41) is 13.8. The monoisotopic (exact) mass is 369 g/mol. The van der Waals surface area contributed by atoms with Crippen LogP contribution in [0, 0.1) is 0 Å². The Hall–Kier alpha value is -3.39. The van der Waals surface area contributed by atoms with E-state index in [1.165, 1.54) is 35.6 Å². The van der Waals surface area contributed by atoms with Crippen molar-refractivity contribution in [3.8, 4) is 17.0 Å². The summed E-state index contributed by atoms with van der Waals surface area (Å²) in [6, 6.07) is 13.1. The number of benzene rings is 2. The fraction of sp³-hybridized carbons (Fsp3) is 0.0556. The second-order valence-electron chi connectivity index (χ2n) is 5.32. The number of carbonyl (C=O) groups excluding carboxylic acids is 1. The van der Waals surface area contributed by atoms with Gasteiger partial charge < -0.3 is 20.9 Å². The van der Waals surface area contributed by atoms with Crippen molar-refractivity contribution in [3.63, 3.8) is 0 Å². The Morgan fingerprint density at radius 1 is 1.19 bits per heavy atom. The lowest BCUT2D eigenvalue weighted by Crippen LogP contribution is -2.20. The van der Waals surface area contributed by atoms with Gasteiger partial charge in [0.05, 0.1) is 11.3 Å². The first-order chi connectivity index (χ1) is 12.5. The van der Waals surface area contributed by atoms with E-state index in [1.807, 2.05) is 17.5 Å². The molecular formula is C18H15N3O4S. The van der Waals surface area contributed by atoms with Gasteiger partial charge in [0, 0.05) is 16.6 Å². The van der Waals surface area contributed by atoms with Crippen molar-refractivity contribution in [1.29, 1.82) is 0 Å². The number of anilines is 2. The molecule has 0 spiro atoms. The first kappa shape index (κ1) is 17.4. The standard InChI is InChI=1S/C18H15N3O4S/c19-18-21-15(10-26-18)12-2-1-3-14(8-12)25-9-16(22)20-13-6-4-11(5-7-13)17(23)24/h1-8,10H,9H2,(H2,19,21)(H,20,22)(H,23,24). The predicted octanol–water partition coefficient (Wildman–Crippen LogP) is 3.11. The van der Waals surface area contributed by atoms with Crippen molar-refractivity contribution in [2.24, 2.45) is 0 Å². The molecular weight excluding hydrogens is 354 g/mol. The zero-order valence-electron chi connectivity index (χ0n) is 13.5. The molecule has 8 heteroatoms. The molecule has 0 aliphatic rings. The number of carbonyl (C=O) groups is 2. The summed E-state index contributed by atoms with van der Waals surface area (Å²) in [6.45, 7) is -0.177. The van der Waals surface area contributed by atoms with Gasteiger partial charge >= 0.3 is 5.97 Å². The van der Waals surface area contributed by atoms with E-state index < -0.39 is 5.97 Å². The van der Waals surface area contributed by atoms with Gasteiger partial charge in [-0.3, -0.25) is 4.79 Å². The second-order valence-corrected chi connectivity index (χ2v) is 6.21. The van der Waals surface area contributed by atoms with Crippen LogP contribution in [0.4, 0.5) is 10.8 Å². The molecule has 0 atom stereocenters. The molecule has 1 heterocycles. The first-order valence-corrected chi connectivity index (χ1v) is 8.46. The van der Waals surface area contributed by atoms with Crippen molar-refractivity contribution in [3.05, 3.63) is 59.5 Å². The third-order valence-electron chi connectivity index (χ3n) is 3.44. The number of rotatable bonds is 6. The van der Waals surface area contributed by atoms with Crippen molar-refractivity contribution >= 4 is 34.0 Å². The van der Waals surface area contributed by atoms with Crippen LogP contribution in [0.1, 0.15) is 10.4 Å². The van der Waals surface area contributed by atoms with Crippen LogP contribution in [0.5, 0.6) is 5.75 Å². The van der Waals surface area contributed by atoms with Crippen LogP contribution in [-0.4, -0.2) is 28.6 Å². The van der Waals surface area contributed by atoms with Gasteiger partial charge in [0.1, 0.15) is 5.75 Å². The van der Waals surface area contributed by atoms with Crippen LogP contribution in [0.2, 0.25) is 0 Å². The smallest absolute Gasteiger partial charge is 0.335 e. The predicted molar refractivity (Wildman–Crippen MR) is 99.5 cm³/mol.